The number of hydrogen-bond acceptors (Lipinski definition) is 3. The van der Waals surface area contributed by atoms with Crippen molar-refractivity contribution in [3.63, 3.8) is 0 Å². The molecule has 0 radical (unpaired) electrons. The van der Waals surface area contributed by atoms with Crippen molar-refractivity contribution in [3.8, 4) is 0 Å². The molecule has 5 heteroatoms. The van der Waals surface area contributed by atoms with Crippen molar-refractivity contribution < 1.29 is 4.79 Å². The summed E-state index contributed by atoms with van der Waals surface area (Å²) in [7, 11) is 0. The SMILES string of the molecule is Cc1ccc(C(N)C(=O)NCCn2ccnc2)cc1. The number of benzene rings is 1. The second-order valence-electron chi connectivity index (χ2n) is 4.48. The molecule has 1 aromatic heterocycles. The number of amides is 1. The van der Waals surface area contributed by atoms with Crippen LogP contribution >= 0.6 is 0 Å². The minimum Gasteiger partial charge on any atom is -0.353 e. The molecule has 0 aliphatic rings. The molecule has 1 unspecified atom stereocenters. The molecular weight excluding hydrogens is 240 g/mol. The van der Waals surface area contributed by atoms with Crippen LogP contribution in [-0.2, 0) is 11.3 Å². The van der Waals surface area contributed by atoms with Gasteiger partial charge < -0.3 is 15.6 Å². The molecule has 0 saturated carbocycles. The highest BCUT2D eigenvalue weighted by molar-refractivity contribution is 5.82. The molecule has 2 rings (SSSR count). The number of carbonyl (C=O) groups is 1. The predicted molar refractivity (Wildman–Crippen MR) is 73.3 cm³/mol. The average Bonchev–Trinajstić information content (AvgIpc) is 2.92. The van der Waals surface area contributed by atoms with Crippen LogP contribution in [0.1, 0.15) is 17.2 Å². The van der Waals surface area contributed by atoms with Crippen molar-refractivity contribution in [2.24, 2.45) is 5.73 Å². The van der Waals surface area contributed by atoms with Gasteiger partial charge in [-0.15, -0.1) is 0 Å². The maximum absolute atomic E-state index is 11.9. The van der Waals surface area contributed by atoms with E-state index in [9.17, 15) is 4.79 Å². The highest BCUT2D eigenvalue weighted by Crippen LogP contribution is 2.11. The zero-order chi connectivity index (χ0) is 13.7. The largest absolute Gasteiger partial charge is 0.353 e. The Labute approximate surface area is 112 Å². The lowest BCUT2D eigenvalue weighted by Gasteiger charge is -2.13. The van der Waals surface area contributed by atoms with E-state index >= 15 is 0 Å². The van der Waals surface area contributed by atoms with Crippen molar-refractivity contribution in [3.05, 3.63) is 54.1 Å². The van der Waals surface area contributed by atoms with Crippen LogP contribution < -0.4 is 11.1 Å². The van der Waals surface area contributed by atoms with Gasteiger partial charge in [0.1, 0.15) is 6.04 Å². The Morgan fingerprint density at radius 2 is 2.16 bits per heavy atom. The van der Waals surface area contributed by atoms with Crippen LogP contribution in [0.4, 0.5) is 0 Å². The van der Waals surface area contributed by atoms with Gasteiger partial charge in [0, 0.05) is 25.5 Å². The number of hydrogen-bond donors (Lipinski definition) is 2. The molecule has 1 heterocycles. The fourth-order valence-electron chi connectivity index (χ4n) is 1.76. The highest BCUT2D eigenvalue weighted by atomic mass is 16.2. The lowest BCUT2D eigenvalue weighted by atomic mass is 10.1. The smallest absolute Gasteiger partial charge is 0.241 e. The minimum atomic E-state index is -0.622. The maximum Gasteiger partial charge on any atom is 0.241 e. The molecule has 0 fully saturated rings. The van der Waals surface area contributed by atoms with Gasteiger partial charge in [0.2, 0.25) is 5.91 Å². The first-order valence-electron chi connectivity index (χ1n) is 6.22. The first-order chi connectivity index (χ1) is 9.16. The van der Waals surface area contributed by atoms with Crippen molar-refractivity contribution in [1.82, 2.24) is 14.9 Å². The predicted octanol–water partition coefficient (Wildman–Crippen LogP) is 1.01. The van der Waals surface area contributed by atoms with Gasteiger partial charge in [-0.3, -0.25) is 4.79 Å². The molecule has 1 atom stereocenters. The van der Waals surface area contributed by atoms with Crippen molar-refractivity contribution >= 4 is 5.91 Å². The number of carbonyl (C=O) groups excluding carboxylic acids is 1. The molecule has 100 valence electrons. The Hall–Kier alpha value is -2.14. The van der Waals surface area contributed by atoms with E-state index in [-0.39, 0.29) is 5.91 Å². The van der Waals surface area contributed by atoms with E-state index in [1.54, 1.807) is 12.5 Å². The number of nitrogens with one attached hydrogen (secondary N) is 1. The number of aryl methyl sites for hydroxylation is 1. The molecule has 0 saturated heterocycles. The lowest BCUT2D eigenvalue weighted by molar-refractivity contribution is -0.122. The molecule has 5 nitrogen and oxygen atoms in total. The molecule has 0 bridgehead atoms. The molecule has 19 heavy (non-hydrogen) atoms. The topological polar surface area (TPSA) is 72.9 Å². The molecule has 3 N–H and O–H groups in total. The molecule has 1 amide bonds. The number of aromatic nitrogens is 2. The summed E-state index contributed by atoms with van der Waals surface area (Å²) in [6, 6.07) is 7.05. The van der Waals surface area contributed by atoms with Crippen molar-refractivity contribution in [2.45, 2.75) is 19.5 Å². The van der Waals surface area contributed by atoms with Crippen molar-refractivity contribution in [2.75, 3.05) is 6.54 Å². The summed E-state index contributed by atoms with van der Waals surface area (Å²) in [5.41, 5.74) is 7.89. The molecule has 0 aliphatic heterocycles. The van der Waals surface area contributed by atoms with Crippen LogP contribution in [0.25, 0.3) is 0 Å². The fourth-order valence-corrected chi connectivity index (χ4v) is 1.76. The Morgan fingerprint density at radius 3 is 2.79 bits per heavy atom. The summed E-state index contributed by atoms with van der Waals surface area (Å²) < 4.78 is 1.90. The monoisotopic (exact) mass is 258 g/mol. The summed E-state index contributed by atoms with van der Waals surface area (Å²) in [5, 5.41) is 2.82. The van der Waals surface area contributed by atoms with E-state index in [4.69, 9.17) is 5.73 Å². The van der Waals surface area contributed by atoms with Gasteiger partial charge in [-0.25, -0.2) is 4.98 Å². The summed E-state index contributed by atoms with van der Waals surface area (Å²) in [5.74, 6) is -0.163. The molecule has 1 aromatic carbocycles. The first kappa shape index (κ1) is 13.3. The zero-order valence-electron chi connectivity index (χ0n) is 10.9. The van der Waals surface area contributed by atoms with E-state index in [0.29, 0.717) is 13.1 Å². The van der Waals surface area contributed by atoms with E-state index < -0.39 is 6.04 Å². The Morgan fingerprint density at radius 1 is 1.42 bits per heavy atom. The molecule has 2 aromatic rings. The van der Waals surface area contributed by atoms with Crippen LogP contribution in [0, 0.1) is 6.92 Å². The third-order valence-corrected chi connectivity index (χ3v) is 2.95. The Kier molecular flexibility index (Phi) is 4.30. The molecule has 0 aliphatic carbocycles. The summed E-state index contributed by atoms with van der Waals surface area (Å²) in [6.07, 6.45) is 5.28. The highest BCUT2D eigenvalue weighted by Gasteiger charge is 2.14. The van der Waals surface area contributed by atoms with Gasteiger partial charge in [-0.05, 0) is 12.5 Å². The van der Waals surface area contributed by atoms with Gasteiger partial charge in [-0.2, -0.15) is 0 Å². The quantitative estimate of drug-likeness (QED) is 0.840. The summed E-state index contributed by atoms with van der Waals surface area (Å²) in [6.45, 7) is 3.22. The van der Waals surface area contributed by atoms with Gasteiger partial charge >= 0.3 is 0 Å². The Bertz CT molecular complexity index is 519. The van der Waals surface area contributed by atoms with E-state index in [0.717, 1.165) is 11.1 Å². The van der Waals surface area contributed by atoms with Gasteiger partial charge in [0.15, 0.2) is 0 Å². The van der Waals surface area contributed by atoms with Crippen LogP contribution in [0.15, 0.2) is 43.0 Å². The van der Waals surface area contributed by atoms with E-state index in [1.165, 1.54) is 0 Å². The van der Waals surface area contributed by atoms with Crippen LogP contribution in [0.2, 0.25) is 0 Å². The van der Waals surface area contributed by atoms with E-state index in [2.05, 4.69) is 10.3 Å². The summed E-state index contributed by atoms with van der Waals surface area (Å²) in [4.78, 5) is 15.8. The zero-order valence-corrected chi connectivity index (χ0v) is 10.9. The third kappa shape index (κ3) is 3.66. The second-order valence-corrected chi connectivity index (χ2v) is 4.48. The lowest BCUT2D eigenvalue weighted by Crippen LogP contribution is -2.35. The van der Waals surface area contributed by atoms with Crippen LogP contribution in [0.5, 0.6) is 0 Å². The number of nitrogens with zero attached hydrogens (tertiary/aromatic N) is 2. The second kappa shape index (κ2) is 6.15. The van der Waals surface area contributed by atoms with Crippen LogP contribution in [-0.4, -0.2) is 22.0 Å². The van der Waals surface area contributed by atoms with Crippen LogP contribution in [0.3, 0.4) is 0 Å². The Balaban J connectivity index is 1.83. The molecular formula is C14H18N4O. The third-order valence-electron chi connectivity index (χ3n) is 2.95. The van der Waals surface area contributed by atoms with Gasteiger partial charge in [-0.1, -0.05) is 29.8 Å². The first-order valence-corrected chi connectivity index (χ1v) is 6.22. The summed E-state index contributed by atoms with van der Waals surface area (Å²) >= 11 is 0. The number of rotatable bonds is 5. The number of nitrogens with two attached hydrogens (primary N) is 1. The standard InChI is InChI=1S/C14H18N4O/c1-11-2-4-12(5-3-11)13(15)14(19)17-7-9-18-8-6-16-10-18/h2-6,8,10,13H,7,9,15H2,1H3,(H,17,19). The van der Waals surface area contributed by atoms with Crippen molar-refractivity contribution in [1.29, 1.82) is 0 Å². The fraction of sp³-hybridized carbons (Fsp3) is 0.286. The van der Waals surface area contributed by atoms with Gasteiger partial charge in [0.05, 0.1) is 6.33 Å². The molecule has 0 spiro atoms. The average molecular weight is 258 g/mol. The van der Waals surface area contributed by atoms with E-state index in [1.807, 2.05) is 42.0 Å². The normalized spacial score (nSPS) is 12.1. The van der Waals surface area contributed by atoms with Gasteiger partial charge in [0.25, 0.3) is 0 Å². The minimum absolute atomic E-state index is 0.163. The number of imidazole rings is 1. The maximum atomic E-state index is 11.9.